The van der Waals surface area contributed by atoms with Crippen LogP contribution in [0.1, 0.15) is 23.6 Å². The van der Waals surface area contributed by atoms with E-state index in [1.807, 2.05) is 19.1 Å². The van der Waals surface area contributed by atoms with Gasteiger partial charge in [-0.2, -0.15) is 0 Å². The number of benzene rings is 1. The van der Waals surface area contributed by atoms with E-state index in [2.05, 4.69) is 52.5 Å². The number of aromatic nitrogens is 3. The van der Waals surface area contributed by atoms with Gasteiger partial charge >= 0.3 is 0 Å². The molecule has 94 valence electrons. The van der Waals surface area contributed by atoms with Crippen molar-refractivity contribution < 1.29 is 0 Å². The maximum atomic E-state index is 4.23. The molecule has 1 unspecified atom stereocenters. The Labute approximate surface area is 112 Å². The van der Waals surface area contributed by atoms with Crippen molar-refractivity contribution in [3.05, 3.63) is 54.4 Å². The lowest BCUT2D eigenvalue weighted by molar-refractivity contribution is 0.702. The number of allylic oxidation sites excluding steroid dienone is 1. The topological polar surface area (TPSA) is 30.7 Å². The molecule has 18 heavy (non-hydrogen) atoms. The number of rotatable bonds is 5. The van der Waals surface area contributed by atoms with Gasteiger partial charge in [0.15, 0.2) is 5.16 Å². The fourth-order valence-corrected chi connectivity index (χ4v) is 2.77. The molecule has 3 nitrogen and oxygen atoms in total. The minimum Gasteiger partial charge on any atom is -0.302 e. The molecule has 0 saturated heterocycles. The molecule has 2 aromatic rings. The monoisotopic (exact) mass is 259 g/mol. The second-order valence-corrected chi connectivity index (χ2v) is 5.41. The molecule has 0 fully saturated rings. The lowest BCUT2D eigenvalue weighted by Crippen LogP contribution is -2.01. The largest absolute Gasteiger partial charge is 0.302 e. The first-order chi connectivity index (χ1) is 8.72. The molecule has 0 radical (unpaired) electrons. The SMILES string of the molecule is C=CCn1c(C)nnc1SC(C)c1ccccc1. The third-order valence-corrected chi connectivity index (χ3v) is 3.90. The van der Waals surface area contributed by atoms with Crippen LogP contribution >= 0.6 is 11.8 Å². The van der Waals surface area contributed by atoms with Gasteiger partial charge in [0.25, 0.3) is 0 Å². The molecule has 0 spiro atoms. The molecular weight excluding hydrogens is 242 g/mol. The second kappa shape index (κ2) is 5.87. The Kier molecular flexibility index (Phi) is 4.20. The van der Waals surface area contributed by atoms with E-state index in [1.54, 1.807) is 11.8 Å². The van der Waals surface area contributed by atoms with Crippen molar-refractivity contribution in [3.8, 4) is 0 Å². The van der Waals surface area contributed by atoms with Crippen molar-refractivity contribution in [3.63, 3.8) is 0 Å². The van der Waals surface area contributed by atoms with Gasteiger partial charge in [-0.25, -0.2) is 0 Å². The average Bonchev–Trinajstić information content (AvgIpc) is 2.73. The third kappa shape index (κ3) is 2.82. The summed E-state index contributed by atoms with van der Waals surface area (Å²) >= 11 is 1.73. The molecule has 0 bridgehead atoms. The van der Waals surface area contributed by atoms with Gasteiger partial charge in [-0.05, 0) is 19.4 Å². The highest BCUT2D eigenvalue weighted by Crippen LogP contribution is 2.33. The van der Waals surface area contributed by atoms with Crippen LogP contribution in [0.15, 0.2) is 48.1 Å². The normalized spacial score (nSPS) is 12.3. The van der Waals surface area contributed by atoms with Crippen LogP contribution in [0.3, 0.4) is 0 Å². The Hall–Kier alpha value is -1.55. The van der Waals surface area contributed by atoms with E-state index in [0.29, 0.717) is 5.25 Å². The lowest BCUT2D eigenvalue weighted by Gasteiger charge is -2.11. The van der Waals surface area contributed by atoms with E-state index in [0.717, 1.165) is 17.5 Å². The van der Waals surface area contributed by atoms with Crippen molar-refractivity contribution in [2.24, 2.45) is 0 Å². The molecule has 0 amide bonds. The highest BCUT2D eigenvalue weighted by Gasteiger charge is 2.13. The molecule has 0 aliphatic rings. The van der Waals surface area contributed by atoms with Gasteiger partial charge in [0.05, 0.1) is 0 Å². The first kappa shape index (κ1) is 12.9. The number of aryl methyl sites for hydroxylation is 1. The minimum atomic E-state index is 0.360. The second-order valence-electron chi connectivity index (χ2n) is 4.10. The summed E-state index contributed by atoms with van der Waals surface area (Å²) in [7, 11) is 0. The van der Waals surface area contributed by atoms with Crippen LogP contribution in [0, 0.1) is 6.92 Å². The summed E-state index contributed by atoms with van der Waals surface area (Å²) in [6.07, 6.45) is 1.87. The van der Waals surface area contributed by atoms with Crippen LogP contribution in [-0.4, -0.2) is 14.8 Å². The van der Waals surface area contributed by atoms with E-state index in [9.17, 15) is 0 Å². The van der Waals surface area contributed by atoms with E-state index >= 15 is 0 Å². The fraction of sp³-hybridized carbons (Fsp3) is 0.286. The highest BCUT2D eigenvalue weighted by molar-refractivity contribution is 7.99. The summed E-state index contributed by atoms with van der Waals surface area (Å²) < 4.78 is 2.08. The molecule has 1 aromatic carbocycles. The molecule has 2 rings (SSSR count). The Morgan fingerprint density at radius 2 is 2.06 bits per heavy atom. The zero-order chi connectivity index (χ0) is 13.0. The van der Waals surface area contributed by atoms with Crippen molar-refractivity contribution in [2.75, 3.05) is 0 Å². The first-order valence-corrected chi connectivity index (χ1v) is 6.82. The predicted octanol–water partition coefficient (Wildman–Crippen LogP) is 3.63. The number of nitrogens with zero attached hydrogens (tertiary/aromatic N) is 3. The summed E-state index contributed by atoms with van der Waals surface area (Å²) in [6, 6.07) is 10.4. The Balaban J connectivity index is 2.16. The Morgan fingerprint density at radius 3 is 2.72 bits per heavy atom. The van der Waals surface area contributed by atoms with Crippen molar-refractivity contribution >= 4 is 11.8 Å². The van der Waals surface area contributed by atoms with Crippen molar-refractivity contribution in [2.45, 2.75) is 30.8 Å². The van der Waals surface area contributed by atoms with Crippen LogP contribution in [-0.2, 0) is 6.54 Å². The molecule has 1 aromatic heterocycles. The van der Waals surface area contributed by atoms with E-state index in [-0.39, 0.29) is 0 Å². The maximum absolute atomic E-state index is 4.23. The summed E-state index contributed by atoms with van der Waals surface area (Å²) in [5.41, 5.74) is 1.30. The summed E-state index contributed by atoms with van der Waals surface area (Å²) in [5, 5.41) is 9.66. The predicted molar refractivity (Wildman–Crippen MR) is 75.7 cm³/mol. The molecule has 1 heterocycles. The molecule has 1 atom stereocenters. The quantitative estimate of drug-likeness (QED) is 0.607. The van der Waals surface area contributed by atoms with E-state index in [1.165, 1.54) is 5.56 Å². The lowest BCUT2D eigenvalue weighted by atomic mass is 10.2. The van der Waals surface area contributed by atoms with Crippen LogP contribution in [0.25, 0.3) is 0 Å². The van der Waals surface area contributed by atoms with Crippen molar-refractivity contribution in [1.82, 2.24) is 14.8 Å². The molecule has 0 saturated carbocycles. The van der Waals surface area contributed by atoms with Gasteiger partial charge in [0.2, 0.25) is 0 Å². The number of hydrogen-bond donors (Lipinski definition) is 0. The summed E-state index contributed by atoms with van der Waals surface area (Å²) in [4.78, 5) is 0. The third-order valence-electron chi connectivity index (χ3n) is 2.76. The molecule has 0 N–H and O–H groups in total. The highest BCUT2D eigenvalue weighted by atomic mass is 32.2. The van der Waals surface area contributed by atoms with E-state index in [4.69, 9.17) is 0 Å². The van der Waals surface area contributed by atoms with Crippen LogP contribution in [0.4, 0.5) is 0 Å². The zero-order valence-corrected chi connectivity index (χ0v) is 11.5. The summed E-state index contributed by atoms with van der Waals surface area (Å²) in [5.74, 6) is 0.928. The first-order valence-electron chi connectivity index (χ1n) is 5.94. The van der Waals surface area contributed by atoms with Crippen LogP contribution < -0.4 is 0 Å². The molecular formula is C14H17N3S. The van der Waals surface area contributed by atoms with Gasteiger partial charge in [-0.1, -0.05) is 48.2 Å². The van der Waals surface area contributed by atoms with E-state index < -0.39 is 0 Å². The van der Waals surface area contributed by atoms with Gasteiger partial charge in [-0.3, -0.25) is 0 Å². The van der Waals surface area contributed by atoms with Crippen LogP contribution in [0.2, 0.25) is 0 Å². The standard InChI is InChI=1S/C14H17N3S/c1-4-10-17-12(3)15-16-14(17)18-11(2)13-8-6-5-7-9-13/h4-9,11H,1,10H2,2-3H3. The smallest absolute Gasteiger partial charge is 0.192 e. The molecule has 4 heteroatoms. The molecule has 0 aliphatic carbocycles. The maximum Gasteiger partial charge on any atom is 0.192 e. The van der Waals surface area contributed by atoms with Gasteiger partial charge < -0.3 is 4.57 Å². The zero-order valence-electron chi connectivity index (χ0n) is 10.7. The van der Waals surface area contributed by atoms with Gasteiger partial charge in [0.1, 0.15) is 5.82 Å². The van der Waals surface area contributed by atoms with Crippen molar-refractivity contribution in [1.29, 1.82) is 0 Å². The minimum absolute atomic E-state index is 0.360. The molecule has 0 aliphatic heterocycles. The average molecular weight is 259 g/mol. The number of thioether (sulfide) groups is 1. The fourth-order valence-electron chi connectivity index (χ4n) is 1.74. The van der Waals surface area contributed by atoms with Crippen LogP contribution in [0.5, 0.6) is 0 Å². The Bertz CT molecular complexity index is 519. The van der Waals surface area contributed by atoms with Gasteiger partial charge in [0, 0.05) is 11.8 Å². The Morgan fingerprint density at radius 1 is 1.33 bits per heavy atom. The summed E-state index contributed by atoms with van der Waals surface area (Å²) in [6.45, 7) is 8.67. The van der Waals surface area contributed by atoms with Gasteiger partial charge in [-0.15, -0.1) is 16.8 Å². The number of hydrogen-bond acceptors (Lipinski definition) is 3.